The molecule has 0 radical (unpaired) electrons. The lowest BCUT2D eigenvalue weighted by molar-refractivity contribution is -0.145. The third-order valence-electron chi connectivity index (χ3n) is 3.71. The van der Waals surface area contributed by atoms with Crippen LogP contribution in [0.2, 0.25) is 0 Å². The van der Waals surface area contributed by atoms with E-state index in [1.807, 2.05) is 0 Å². The van der Waals surface area contributed by atoms with Crippen molar-refractivity contribution in [2.24, 2.45) is 11.7 Å². The molecule has 100 valence electrons. The molecule has 0 heterocycles. The smallest absolute Gasteiger partial charge is 0.324 e. The molecule has 1 aliphatic carbocycles. The van der Waals surface area contributed by atoms with Crippen LogP contribution in [0, 0.1) is 5.92 Å². The SMILES string of the molecule is CCOC(=O)C(N)CN(C)C1CCCCC1C. The number of rotatable bonds is 5. The molecule has 0 aromatic heterocycles. The quantitative estimate of drug-likeness (QED) is 0.740. The van der Waals surface area contributed by atoms with Crippen LogP contribution in [0.15, 0.2) is 0 Å². The van der Waals surface area contributed by atoms with Crippen LogP contribution < -0.4 is 5.73 Å². The molecule has 0 saturated heterocycles. The van der Waals surface area contributed by atoms with Crippen molar-refractivity contribution >= 4 is 5.97 Å². The average Bonchev–Trinajstić information content (AvgIpc) is 2.29. The maximum Gasteiger partial charge on any atom is 0.324 e. The number of nitrogens with two attached hydrogens (primary N) is 1. The summed E-state index contributed by atoms with van der Waals surface area (Å²) in [4.78, 5) is 13.7. The van der Waals surface area contributed by atoms with Crippen molar-refractivity contribution in [3.63, 3.8) is 0 Å². The second-order valence-corrected chi connectivity index (χ2v) is 5.13. The molecule has 3 unspecified atom stereocenters. The van der Waals surface area contributed by atoms with E-state index < -0.39 is 6.04 Å². The van der Waals surface area contributed by atoms with E-state index in [1.165, 1.54) is 25.7 Å². The second-order valence-electron chi connectivity index (χ2n) is 5.13. The molecule has 1 fully saturated rings. The van der Waals surface area contributed by atoms with Crippen LogP contribution in [-0.4, -0.2) is 43.2 Å². The van der Waals surface area contributed by atoms with Crippen LogP contribution >= 0.6 is 0 Å². The summed E-state index contributed by atoms with van der Waals surface area (Å²) in [6.07, 6.45) is 5.11. The zero-order valence-corrected chi connectivity index (χ0v) is 11.3. The summed E-state index contributed by atoms with van der Waals surface area (Å²) in [5, 5.41) is 0. The minimum atomic E-state index is -0.519. The van der Waals surface area contributed by atoms with E-state index in [9.17, 15) is 4.79 Å². The highest BCUT2D eigenvalue weighted by molar-refractivity contribution is 5.75. The summed E-state index contributed by atoms with van der Waals surface area (Å²) in [6, 6.07) is 0.0401. The van der Waals surface area contributed by atoms with Gasteiger partial charge < -0.3 is 15.4 Å². The van der Waals surface area contributed by atoms with Crippen LogP contribution in [0.4, 0.5) is 0 Å². The molecule has 3 atom stereocenters. The molecule has 1 saturated carbocycles. The number of hydrogen-bond donors (Lipinski definition) is 1. The first-order valence-corrected chi connectivity index (χ1v) is 6.68. The molecule has 0 aromatic rings. The van der Waals surface area contributed by atoms with E-state index >= 15 is 0 Å². The summed E-state index contributed by atoms with van der Waals surface area (Å²) < 4.78 is 4.93. The van der Waals surface area contributed by atoms with Crippen molar-refractivity contribution in [1.29, 1.82) is 0 Å². The summed E-state index contributed by atoms with van der Waals surface area (Å²) in [5.41, 5.74) is 5.84. The minimum Gasteiger partial charge on any atom is -0.465 e. The zero-order chi connectivity index (χ0) is 12.8. The summed E-state index contributed by atoms with van der Waals surface area (Å²) in [6.45, 7) is 5.08. The fourth-order valence-electron chi connectivity index (χ4n) is 2.72. The largest absolute Gasteiger partial charge is 0.465 e. The molecule has 17 heavy (non-hydrogen) atoms. The Bertz CT molecular complexity index is 246. The van der Waals surface area contributed by atoms with Gasteiger partial charge in [0.05, 0.1) is 6.61 Å². The van der Waals surface area contributed by atoms with Crippen molar-refractivity contribution in [1.82, 2.24) is 4.90 Å². The highest BCUT2D eigenvalue weighted by Gasteiger charge is 2.27. The maximum atomic E-state index is 11.5. The van der Waals surface area contributed by atoms with Crippen LogP contribution in [0.5, 0.6) is 0 Å². The molecular formula is C13H26N2O2. The molecule has 4 heteroatoms. The molecule has 1 aliphatic rings. The lowest BCUT2D eigenvalue weighted by Gasteiger charge is -2.37. The van der Waals surface area contributed by atoms with E-state index in [-0.39, 0.29) is 5.97 Å². The standard InChI is InChI=1S/C13H26N2O2/c1-4-17-13(16)11(14)9-15(3)12-8-6-5-7-10(12)2/h10-12H,4-9,14H2,1-3H3. The highest BCUT2D eigenvalue weighted by atomic mass is 16.5. The van der Waals surface area contributed by atoms with Gasteiger partial charge in [-0.15, -0.1) is 0 Å². The van der Waals surface area contributed by atoms with Crippen molar-refractivity contribution < 1.29 is 9.53 Å². The van der Waals surface area contributed by atoms with E-state index in [0.717, 1.165) is 0 Å². The van der Waals surface area contributed by atoms with Gasteiger partial charge in [-0.2, -0.15) is 0 Å². The van der Waals surface area contributed by atoms with Gasteiger partial charge >= 0.3 is 5.97 Å². The van der Waals surface area contributed by atoms with Gasteiger partial charge in [0.1, 0.15) is 6.04 Å². The summed E-state index contributed by atoms with van der Waals surface area (Å²) >= 11 is 0. The monoisotopic (exact) mass is 242 g/mol. The van der Waals surface area contributed by atoms with Crippen molar-refractivity contribution in [2.45, 2.75) is 51.6 Å². The number of carbonyl (C=O) groups is 1. The number of esters is 1. The Labute approximate surface area is 104 Å². The van der Waals surface area contributed by atoms with Gasteiger partial charge in [-0.25, -0.2) is 0 Å². The Morgan fingerprint density at radius 1 is 1.47 bits per heavy atom. The van der Waals surface area contributed by atoms with Crippen LogP contribution in [0.3, 0.4) is 0 Å². The lowest BCUT2D eigenvalue weighted by Crippen LogP contribution is -2.48. The van der Waals surface area contributed by atoms with Gasteiger partial charge in [-0.3, -0.25) is 4.79 Å². The molecular weight excluding hydrogens is 216 g/mol. The number of carbonyl (C=O) groups excluding carboxylic acids is 1. The van der Waals surface area contributed by atoms with E-state index in [4.69, 9.17) is 10.5 Å². The third-order valence-corrected chi connectivity index (χ3v) is 3.71. The van der Waals surface area contributed by atoms with E-state index in [2.05, 4.69) is 18.9 Å². The fraction of sp³-hybridized carbons (Fsp3) is 0.923. The first kappa shape index (κ1) is 14.5. The molecule has 0 spiro atoms. The molecule has 0 bridgehead atoms. The number of ether oxygens (including phenoxy) is 1. The Hall–Kier alpha value is -0.610. The normalized spacial score (nSPS) is 26.9. The van der Waals surface area contributed by atoms with Crippen molar-refractivity contribution in [3.05, 3.63) is 0 Å². The molecule has 4 nitrogen and oxygen atoms in total. The van der Waals surface area contributed by atoms with E-state index in [0.29, 0.717) is 25.1 Å². The molecule has 0 aromatic carbocycles. The summed E-state index contributed by atoms with van der Waals surface area (Å²) in [7, 11) is 2.06. The molecule has 0 amide bonds. The predicted octanol–water partition coefficient (Wildman–Crippen LogP) is 1.39. The maximum absolute atomic E-state index is 11.5. The van der Waals surface area contributed by atoms with Gasteiger partial charge in [-0.05, 0) is 32.7 Å². The average molecular weight is 242 g/mol. The van der Waals surface area contributed by atoms with E-state index in [1.54, 1.807) is 6.92 Å². The van der Waals surface area contributed by atoms with Gasteiger partial charge in [0.2, 0.25) is 0 Å². The topological polar surface area (TPSA) is 55.6 Å². The van der Waals surface area contributed by atoms with Crippen molar-refractivity contribution in [2.75, 3.05) is 20.2 Å². The van der Waals surface area contributed by atoms with Gasteiger partial charge in [-0.1, -0.05) is 19.8 Å². The number of nitrogens with zero attached hydrogens (tertiary/aromatic N) is 1. The summed E-state index contributed by atoms with van der Waals surface area (Å²) in [5.74, 6) is 0.408. The number of likely N-dealkylation sites (N-methyl/N-ethyl adjacent to an activating group) is 1. The van der Waals surface area contributed by atoms with Crippen LogP contribution in [0.1, 0.15) is 39.5 Å². The van der Waals surface area contributed by atoms with Crippen LogP contribution in [-0.2, 0) is 9.53 Å². The van der Waals surface area contributed by atoms with Crippen molar-refractivity contribution in [3.8, 4) is 0 Å². The Kier molecular flexibility index (Phi) is 5.92. The molecule has 2 N–H and O–H groups in total. The Morgan fingerprint density at radius 3 is 2.71 bits per heavy atom. The van der Waals surface area contributed by atoms with Gasteiger partial charge in [0, 0.05) is 12.6 Å². The highest BCUT2D eigenvalue weighted by Crippen LogP contribution is 2.27. The Balaban J connectivity index is 2.41. The predicted molar refractivity (Wildman–Crippen MR) is 68.7 cm³/mol. The second kappa shape index (κ2) is 6.97. The molecule has 0 aliphatic heterocycles. The molecule has 1 rings (SSSR count). The first-order valence-electron chi connectivity index (χ1n) is 6.68. The van der Waals surface area contributed by atoms with Crippen LogP contribution in [0.25, 0.3) is 0 Å². The Morgan fingerprint density at radius 2 is 2.12 bits per heavy atom. The number of hydrogen-bond acceptors (Lipinski definition) is 4. The zero-order valence-electron chi connectivity index (χ0n) is 11.3. The minimum absolute atomic E-state index is 0.289. The van der Waals surface area contributed by atoms with Gasteiger partial charge in [0.15, 0.2) is 0 Å². The lowest BCUT2D eigenvalue weighted by atomic mass is 9.85. The third kappa shape index (κ3) is 4.28. The fourth-order valence-corrected chi connectivity index (χ4v) is 2.72. The van der Waals surface area contributed by atoms with Gasteiger partial charge in [0.25, 0.3) is 0 Å². The first-order chi connectivity index (χ1) is 8.06.